The van der Waals surface area contributed by atoms with E-state index in [0.717, 1.165) is 11.3 Å². The van der Waals surface area contributed by atoms with Gasteiger partial charge in [0.05, 0.1) is 12.2 Å². The fourth-order valence-corrected chi connectivity index (χ4v) is 3.29. The average molecular weight is 379 g/mol. The summed E-state index contributed by atoms with van der Waals surface area (Å²) in [7, 11) is 0. The number of pyridine rings is 1. The Bertz CT molecular complexity index is 939. The molecule has 0 aliphatic carbocycles. The first-order chi connectivity index (χ1) is 11.9. The Labute approximate surface area is 154 Å². The average Bonchev–Trinajstić information content (AvgIpc) is 2.88. The quantitative estimate of drug-likeness (QED) is 0.747. The van der Waals surface area contributed by atoms with Crippen LogP contribution >= 0.6 is 23.2 Å². The minimum Gasteiger partial charge on any atom is -0.383 e. The van der Waals surface area contributed by atoms with Crippen molar-refractivity contribution in [3.63, 3.8) is 0 Å². The molecule has 0 aliphatic heterocycles. The van der Waals surface area contributed by atoms with Crippen molar-refractivity contribution in [3.05, 3.63) is 85.1 Å². The lowest BCUT2D eigenvalue weighted by Crippen LogP contribution is -2.17. The molecule has 1 N–H and O–H groups in total. The van der Waals surface area contributed by atoms with Crippen LogP contribution in [0.15, 0.2) is 46.0 Å². The largest absolute Gasteiger partial charge is 0.383 e. The standard InChI is InChI=1S/C18H16Cl2N2O3/c1-10-12(11(2)25-21-10)8-22-7-6-16(23)13(9-22)18(24)17-14(19)4-3-5-15(17)20/h3-7,9,18,24H,8H2,1-2H3. The molecule has 3 rings (SSSR count). The summed E-state index contributed by atoms with van der Waals surface area (Å²) in [6.07, 6.45) is 2.03. The predicted octanol–water partition coefficient (Wildman–Crippen LogP) is 3.89. The van der Waals surface area contributed by atoms with Crippen LogP contribution in [-0.4, -0.2) is 14.8 Å². The first-order valence-electron chi connectivity index (χ1n) is 7.62. The summed E-state index contributed by atoms with van der Waals surface area (Å²) in [5.41, 5.74) is 1.94. The fourth-order valence-electron chi connectivity index (χ4n) is 2.69. The first-order valence-corrected chi connectivity index (χ1v) is 8.37. The number of benzene rings is 1. The lowest BCUT2D eigenvalue weighted by Gasteiger charge is -2.16. The van der Waals surface area contributed by atoms with Crippen molar-refractivity contribution in [1.29, 1.82) is 0 Å². The highest BCUT2D eigenvalue weighted by atomic mass is 35.5. The molecule has 1 unspecified atom stereocenters. The van der Waals surface area contributed by atoms with E-state index >= 15 is 0 Å². The molecule has 0 radical (unpaired) electrons. The number of hydrogen-bond donors (Lipinski definition) is 1. The molecule has 0 aliphatic rings. The summed E-state index contributed by atoms with van der Waals surface area (Å²) in [6.45, 7) is 4.15. The van der Waals surface area contributed by atoms with E-state index in [1.165, 1.54) is 6.07 Å². The van der Waals surface area contributed by atoms with Crippen LogP contribution in [0.1, 0.15) is 34.2 Å². The van der Waals surface area contributed by atoms with Crippen molar-refractivity contribution < 1.29 is 9.63 Å². The van der Waals surface area contributed by atoms with Crippen LogP contribution in [0.5, 0.6) is 0 Å². The number of nitrogens with zero attached hydrogens (tertiary/aromatic N) is 2. The maximum absolute atomic E-state index is 12.3. The molecule has 1 atom stereocenters. The second kappa shape index (κ2) is 7.04. The fraction of sp³-hybridized carbons (Fsp3) is 0.222. The van der Waals surface area contributed by atoms with Gasteiger partial charge in [-0.15, -0.1) is 0 Å². The number of aromatic nitrogens is 2. The van der Waals surface area contributed by atoms with Crippen LogP contribution < -0.4 is 5.43 Å². The summed E-state index contributed by atoms with van der Waals surface area (Å²) in [4.78, 5) is 12.3. The highest BCUT2D eigenvalue weighted by molar-refractivity contribution is 6.36. The minimum atomic E-state index is -1.22. The number of aliphatic hydroxyl groups excluding tert-OH is 1. The number of hydrogen-bond acceptors (Lipinski definition) is 4. The number of halogens is 2. The molecule has 25 heavy (non-hydrogen) atoms. The Hall–Kier alpha value is -2.08. The third-order valence-electron chi connectivity index (χ3n) is 4.10. The van der Waals surface area contributed by atoms with Crippen LogP contribution in [0.2, 0.25) is 10.0 Å². The second-order valence-electron chi connectivity index (χ2n) is 5.78. The van der Waals surface area contributed by atoms with Crippen molar-refractivity contribution in [3.8, 4) is 0 Å². The highest BCUT2D eigenvalue weighted by Crippen LogP contribution is 2.32. The smallest absolute Gasteiger partial charge is 0.187 e. The Morgan fingerprint density at radius 2 is 1.92 bits per heavy atom. The van der Waals surface area contributed by atoms with Gasteiger partial charge in [-0.3, -0.25) is 4.79 Å². The van der Waals surface area contributed by atoms with Crippen LogP contribution in [0.3, 0.4) is 0 Å². The minimum absolute atomic E-state index is 0.198. The monoisotopic (exact) mass is 378 g/mol. The van der Waals surface area contributed by atoms with E-state index in [4.69, 9.17) is 27.7 Å². The van der Waals surface area contributed by atoms with Crippen molar-refractivity contribution in [2.24, 2.45) is 0 Å². The topological polar surface area (TPSA) is 68.3 Å². The van der Waals surface area contributed by atoms with Crippen molar-refractivity contribution in [1.82, 2.24) is 9.72 Å². The van der Waals surface area contributed by atoms with E-state index in [2.05, 4.69) is 5.16 Å². The van der Waals surface area contributed by atoms with E-state index in [-0.39, 0.29) is 11.0 Å². The zero-order valence-electron chi connectivity index (χ0n) is 13.7. The van der Waals surface area contributed by atoms with Gasteiger partial charge in [0.15, 0.2) is 5.43 Å². The third kappa shape index (κ3) is 3.49. The molecule has 0 fully saturated rings. The van der Waals surface area contributed by atoms with Crippen LogP contribution in [0.4, 0.5) is 0 Å². The first kappa shape index (κ1) is 17.7. The maximum Gasteiger partial charge on any atom is 0.187 e. The van der Waals surface area contributed by atoms with Crippen LogP contribution in [-0.2, 0) is 6.54 Å². The zero-order valence-corrected chi connectivity index (χ0v) is 15.2. The summed E-state index contributed by atoms with van der Waals surface area (Å²) in [6, 6.07) is 6.33. The molecule has 2 heterocycles. The second-order valence-corrected chi connectivity index (χ2v) is 6.59. The van der Waals surface area contributed by atoms with Crippen molar-refractivity contribution in [2.45, 2.75) is 26.5 Å². The molecule has 0 bridgehead atoms. The van der Waals surface area contributed by atoms with Gasteiger partial charge < -0.3 is 14.2 Å². The normalized spacial score (nSPS) is 12.4. The molecular formula is C18H16Cl2N2O3. The lowest BCUT2D eigenvalue weighted by molar-refractivity contribution is 0.218. The van der Waals surface area contributed by atoms with Gasteiger partial charge in [0.2, 0.25) is 0 Å². The number of aliphatic hydroxyl groups is 1. The molecular weight excluding hydrogens is 363 g/mol. The van der Waals surface area contributed by atoms with E-state index in [9.17, 15) is 9.90 Å². The summed E-state index contributed by atoms with van der Waals surface area (Å²) in [5, 5.41) is 15.2. The van der Waals surface area contributed by atoms with Gasteiger partial charge in [-0.1, -0.05) is 34.4 Å². The van der Waals surface area contributed by atoms with Crippen LogP contribution in [0, 0.1) is 13.8 Å². The Kier molecular flexibility index (Phi) is 4.99. The Balaban J connectivity index is 2.01. The molecule has 130 valence electrons. The zero-order chi connectivity index (χ0) is 18.1. The molecule has 0 saturated carbocycles. The SMILES string of the molecule is Cc1noc(C)c1Cn1ccc(=O)c(C(O)c2c(Cl)cccc2Cl)c1. The third-order valence-corrected chi connectivity index (χ3v) is 4.76. The predicted molar refractivity (Wildman–Crippen MR) is 96.3 cm³/mol. The number of rotatable bonds is 4. The molecule has 2 aromatic heterocycles. The van der Waals surface area contributed by atoms with Crippen molar-refractivity contribution in [2.75, 3.05) is 0 Å². The summed E-state index contributed by atoms with van der Waals surface area (Å²) < 4.78 is 6.95. The summed E-state index contributed by atoms with van der Waals surface area (Å²) in [5.74, 6) is 0.715. The van der Waals surface area contributed by atoms with Gasteiger partial charge in [-0.25, -0.2) is 0 Å². The molecule has 7 heteroatoms. The van der Waals surface area contributed by atoms with Crippen molar-refractivity contribution >= 4 is 23.2 Å². The van der Waals surface area contributed by atoms with Crippen LogP contribution in [0.25, 0.3) is 0 Å². The summed E-state index contributed by atoms with van der Waals surface area (Å²) >= 11 is 12.3. The van der Waals surface area contributed by atoms with Gasteiger partial charge in [-0.05, 0) is 26.0 Å². The number of aryl methyl sites for hydroxylation is 2. The van der Waals surface area contributed by atoms with E-state index in [1.54, 1.807) is 35.2 Å². The molecule has 0 spiro atoms. The molecule has 5 nitrogen and oxygen atoms in total. The lowest BCUT2D eigenvalue weighted by atomic mass is 10.0. The molecule has 1 aromatic carbocycles. The van der Waals surface area contributed by atoms with Gasteiger partial charge in [0.1, 0.15) is 11.9 Å². The van der Waals surface area contributed by atoms with Gasteiger partial charge in [-0.2, -0.15) is 0 Å². The Morgan fingerprint density at radius 1 is 1.24 bits per heavy atom. The maximum atomic E-state index is 12.3. The van der Waals surface area contributed by atoms with Gasteiger partial charge in [0, 0.05) is 45.2 Å². The van der Waals surface area contributed by atoms with Gasteiger partial charge >= 0.3 is 0 Å². The molecule has 3 aromatic rings. The van der Waals surface area contributed by atoms with E-state index < -0.39 is 6.10 Å². The molecule has 0 amide bonds. The van der Waals surface area contributed by atoms with Gasteiger partial charge in [0.25, 0.3) is 0 Å². The Morgan fingerprint density at radius 3 is 2.52 bits per heavy atom. The molecule has 0 saturated heterocycles. The van der Waals surface area contributed by atoms with E-state index in [1.807, 2.05) is 13.8 Å². The van der Waals surface area contributed by atoms with E-state index in [0.29, 0.717) is 27.9 Å². The highest BCUT2D eigenvalue weighted by Gasteiger charge is 2.20.